The van der Waals surface area contributed by atoms with Crippen molar-refractivity contribution in [3.63, 3.8) is 0 Å². The molecule has 1 aliphatic heterocycles. The van der Waals surface area contributed by atoms with E-state index in [1.54, 1.807) is 12.1 Å². The number of methoxy groups -OCH3 is 1. The van der Waals surface area contributed by atoms with Gasteiger partial charge < -0.3 is 13.9 Å². The third kappa shape index (κ3) is 4.82. The second-order valence-corrected chi connectivity index (χ2v) is 9.49. The van der Waals surface area contributed by atoms with Crippen molar-refractivity contribution in [3.05, 3.63) is 70.3 Å². The van der Waals surface area contributed by atoms with Crippen LogP contribution in [0.15, 0.2) is 68.5 Å². The van der Waals surface area contributed by atoms with Gasteiger partial charge in [0, 0.05) is 6.42 Å². The van der Waals surface area contributed by atoms with Gasteiger partial charge in [-0.15, -0.1) is 11.3 Å². The maximum Gasteiger partial charge on any atom is 0.342 e. The zero-order valence-electron chi connectivity index (χ0n) is 17.3. The Balaban J connectivity index is 1.53. The van der Waals surface area contributed by atoms with Gasteiger partial charge in [-0.25, -0.2) is 23.4 Å². The number of thiophene rings is 1. The summed E-state index contributed by atoms with van der Waals surface area (Å²) >= 11 is 1.50. The maximum atomic E-state index is 12.9. The number of sulfonamides is 1. The van der Waals surface area contributed by atoms with Crippen LogP contribution in [0.2, 0.25) is 0 Å². The normalized spacial score (nSPS) is 15.9. The maximum absolute atomic E-state index is 12.9. The van der Waals surface area contributed by atoms with Gasteiger partial charge in [-0.2, -0.15) is 5.10 Å². The molecule has 0 spiro atoms. The number of benzene rings is 1. The number of nitrogens with zero attached hydrogens (tertiary/aromatic N) is 2. The van der Waals surface area contributed by atoms with Crippen LogP contribution in [0, 0.1) is 0 Å². The Morgan fingerprint density at radius 3 is 2.73 bits per heavy atom. The van der Waals surface area contributed by atoms with Gasteiger partial charge in [0.1, 0.15) is 23.1 Å². The minimum atomic E-state index is -4.05. The van der Waals surface area contributed by atoms with Crippen molar-refractivity contribution in [1.82, 2.24) is 5.01 Å². The Bertz CT molecular complexity index is 1300. The molecule has 0 saturated carbocycles. The topological polar surface area (TPSA) is 142 Å². The van der Waals surface area contributed by atoms with Crippen molar-refractivity contribution in [2.75, 3.05) is 13.7 Å². The highest BCUT2D eigenvalue weighted by Crippen LogP contribution is 2.34. The van der Waals surface area contributed by atoms with Crippen molar-refractivity contribution in [2.45, 2.75) is 17.4 Å². The van der Waals surface area contributed by atoms with Crippen LogP contribution in [0.4, 0.5) is 0 Å². The van der Waals surface area contributed by atoms with E-state index in [1.807, 2.05) is 17.5 Å². The predicted molar refractivity (Wildman–Crippen MR) is 118 cm³/mol. The second kappa shape index (κ2) is 9.17. The molecule has 3 heterocycles. The fraction of sp³-hybridized carbons (Fsp3) is 0.190. The zero-order valence-corrected chi connectivity index (χ0v) is 19.0. The molecule has 172 valence electrons. The Morgan fingerprint density at radius 2 is 2.09 bits per heavy atom. The van der Waals surface area contributed by atoms with E-state index >= 15 is 0 Å². The zero-order chi connectivity index (χ0) is 23.6. The number of furan rings is 1. The van der Waals surface area contributed by atoms with Gasteiger partial charge >= 0.3 is 5.97 Å². The first-order valence-corrected chi connectivity index (χ1v) is 12.1. The SMILES string of the molecule is COc1ccc(S(N)(=O)=O)cc1C(=O)OCC(=O)N1N=C(c2cccs2)CC1c1ccco1. The van der Waals surface area contributed by atoms with E-state index in [-0.39, 0.29) is 16.2 Å². The first-order chi connectivity index (χ1) is 15.8. The summed E-state index contributed by atoms with van der Waals surface area (Å²) in [6.07, 6.45) is 1.95. The van der Waals surface area contributed by atoms with Crippen molar-refractivity contribution < 1.29 is 31.9 Å². The lowest BCUT2D eigenvalue weighted by molar-refractivity contribution is -0.136. The number of hydrogen-bond acceptors (Lipinski definition) is 9. The summed E-state index contributed by atoms with van der Waals surface area (Å²) < 4.78 is 39.0. The molecule has 12 heteroatoms. The van der Waals surface area contributed by atoms with E-state index in [2.05, 4.69) is 5.10 Å². The number of nitrogens with two attached hydrogens (primary N) is 1. The molecule has 10 nitrogen and oxygen atoms in total. The van der Waals surface area contributed by atoms with Crippen LogP contribution in [-0.4, -0.2) is 44.7 Å². The number of carbonyl (C=O) groups excluding carboxylic acids is 2. The number of ether oxygens (including phenoxy) is 2. The number of primary sulfonamides is 1. The van der Waals surface area contributed by atoms with Gasteiger partial charge in [-0.1, -0.05) is 6.07 Å². The van der Waals surface area contributed by atoms with Crippen molar-refractivity contribution in [2.24, 2.45) is 10.2 Å². The molecule has 2 aromatic heterocycles. The van der Waals surface area contributed by atoms with Gasteiger partial charge in [0.05, 0.1) is 28.9 Å². The molecule has 4 rings (SSSR count). The number of carbonyl (C=O) groups is 2. The molecule has 0 fully saturated rings. The lowest BCUT2D eigenvalue weighted by Gasteiger charge is -2.19. The highest BCUT2D eigenvalue weighted by atomic mass is 32.2. The van der Waals surface area contributed by atoms with Crippen molar-refractivity contribution >= 4 is 38.9 Å². The van der Waals surface area contributed by atoms with Crippen LogP contribution in [0.5, 0.6) is 5.75 Å². The van der Waals surface area contributed by atoms with Gasteiger partial charge in [-0.3, -0.25) is 4.79 Å². The Morgan fingerprint density at radius 1 is 1.27 bits per heavy atom. The summed E-state index contributed by atoms with van der Waals surface area (Å²) in [7, 11) is -2.74. The van der Waals surface area contributed by atoms with Crippen molar-refractivity contribution in [3.8, 4) is 5.75 Å². The molecule has 33 heavy (non-hydrogen) atoms. The van der Waals surface area contributed by atoms with E-state index in [0.717, 1.165) is 10.9 Å². The van der Waals surface area contributed by atoms with Crippen LogP contribution in [0.1, 0.15) is 33.5 Å². The summed E-state index contributed by atoms with van der Waals surface area (Å²) in [4.78, 5) is 26.2. The van der Waals surface area contributed by atoms with Crippen LogP contribution >= 0.6 is 11.3 Å². The molecule has 0 radical (unpaired) electrons. The number of hydrogen-bond donors (Lipinski definition) is 1. The summed E-state index contributed by atoms with van der Waals surface area (Å²) in [5.74, 6) is -0.889. The summed E-state index contributed by atoms with van der Waals surface area (Å²) in [5.41, 5.74) is 0.539. The third-order valence-corrected chi connectivity index (χ3v) is 6.72. The van der Waals surface area contributed by atoms with E-state index < -0.39 is 34.5 Å². The van der Waals surface area contributed by atoms with Crippen LogP contribution in [0.25, 0.3) is 0 Å². The fourth-order valence-electron chi connectivity index (χ4n) is 3.33. The molecule has 0 aliphatic carbocycles. The van der Waals surface area contributed by atoms with Crippen LogP contribution in [0.3, 0.4) is 0 Å². The molecular weight excluding hydrogens is 470 g/mol. The number of hydrazone groups is 1. The molecule has 0 bridgehead atoms. The highest BCUT2D eigenvalue weighted by molar-refractivity contribution is 7.89. The Kier molecular flexibility index (Phi) is 6.31. The van der Waals surface area contributed by atoms with Crippen LogP contribution in [-0.2, 0) is 19.6 Å². The summed E-state index contributed by atoms with van der Waals surface area (Å²) in [6.45, 7) is -0.625. The molecule has 1 aliphatic rings. The number of amides is 1. The summed E-state index contributed by atoms with van der Waals surface area (Å²) in [5, 5.41) is 12.7. The standard InChI is InChI=1S/C21H19N3O7S2/c1-29-17-7-6-13(33(22,27)28)10-14(17)21(26)31-12-20(25)24-16(18-4-2-8-30-18)11-15(23-24)19-5-3-9-32-19/h2-10,16H,11-12H2,1H3,(H2,22,27,28). The van der Waals surface area contributed by atoms with Crippen LogP contribution < -0.4 is 9.88 Å². The smallest absolute Gasteiger partial charge is 0.342 e. The molecule has 3 aromatic rings. The molecule has 1 aromatic carbocycles. The Hall–Kier alpha value is -3.48. The second-order valence-electron chi connectivity index (χ2n) is 6.98. The molecule has 2 N–H and O–H groups in total. The van der Waals surface area contributed by atoms with Crippen molar-refractivity contribution in [1.29, 1.82) is 0 Å². The monoisotopic (exact) mass is 489 g/mol. The van der Waals surface area contributed by atoms with E-state index in [4.69, 9.17) is 19.0 Å². The molecule has 0 saturated heterocycles. The summed E-state index contributed by atoms with van der Waals surface area (Å²) in [6, 6.07) is 10.3. The average Bonchev–Trinajstić information content (AvgIpc) is 3.56. The molecule has 1 atom stereocenters. The van der Waals surface area contributed by atoms with Gasteiger partial charge in [-0.05, 0) is 41.8 Å². The molecule has 1 unspecified atom stereocenters. The predicted octanol–water partition coefficient (Wildman–Crippen LogP) is 2.53. The van der Waals surface area contributed by atoms with Gasteiger partial charge in [0.2, 0.25) is 10.0 Å². The first-order valence-electron chi connectivity index (χ1n) is 9.62. The minimum Gasteiger partial charge on any atom is -0.496 e. The van der Waals surface area contributed by atoms with E-state index in [0.29, 0.717) is 17.9 Å². The third-order valence-electron chi connectivity index (χ3n) is 4.89. The molecular formula is C21H19N3O7S2. The van der Waals surface area contributed by atoms with Gasteiger partial charge in [0.25, 0.3) is 5.91 Å². The minimum absolute atomic E-state index is 0.0764. The van der Waals surface area contributed by atoms with Gasteiger partial charge in [0.15, 0.2) is 6.61 Å². The highest BCUT2D eigenvalue weighted by Gasteiger charge is 2.35. The number of esters is 1. The lowest BCUT2D eigenvalue weighted by Crippen LogP contribution is -2.31. The fourth-order valence-corrected chi connectivity index (χ4v) is 4.59. The number of rotatable bonds is 7. The van der Waals surface area contributed by atoms with E-state index in [1.165, 1.54) is 41.9 Å². The average molecular weight is 490 g/mol. The Labute approximate surface area is 193 Å². The molecule has 1 amide bonds. The lowest BCUT2D eigenvalue weighted by atomic mass is 10.1. The first kappa shape index (κ1) is 22.7. The largest absolute Gasteiger partial charge is 0.496 e. The quantitative estimate of drug-likeness (QED) is 0.503. The van der Waals surface area contributed by atoms with E-state index in [9.17, 15) is 18.0 Å².